The molecule has 2 saturated heterocycles. The van der Waals surface area contributed by atoms with Crippen LogP contribution in [0.3, 0.4) is 0 Å². The topological polar surface area (TPSA) is 99.8 Å². The molecule has 0 atom stereocenters. The zero-order valence-corrected chi connectivity index (χ0v) is 23.2. The van der Waals surface area contributed by atoms with Crippen LogP contribution in [0.5, 0.6) is 0 Å². The maximum absolute atomic E-state index is 13.4. The number of hydrogen-bond acceptors (Lipinski definition) is 6. The van der Waals surface area contributed by atoms with Gasteiger partial charge < -0.3 is 15.4 Å². The van der Waals surface area contributed by atoms with E-state index in [0.29, 0.717) is 48.6 Å². The van der Waals surface area contributed by atoms with E-state index in [4.69, 9.17) is 4.74 Å². The standard InChI is InChI=1S/C31H34N4O4S/c36-31-29(27-20-26(12-13-28(27)33-31)40(37,38)34-25-14-18-39-19-15-25)30(23-6-2-1-3-7-23)32-24-10-8-22(9-11-24)21-35-16-4-5-17-35/h1-3,6-13,20,25,32,34H,4-5,14-19,21H2,(H,33,36)/b30-29-. The second kappa shape index (κ2) is 11.5. The number of anilines is 2. The summed E-state index contributed by atoms with van der Waals surface area (Å²) in [5, 5.41) is 6.40. The molecule has 6 rings (SSSR count). The molecule has 40 heavy (non-hydrogen) atoms. The second-order valence-electron chi connectivity index (χ2n) is 10.6. The summed E-state index contributed by atoms with van der Waals surface area (Å²) in [5.74, 6) is -0.279. The molecule has 2 fully saturated rings. The number of carbonyl (C=O) groups excluding carboxylic acids is 1. The number of hydrogen-bond donors (Lipinski definition) is 3. The van der Waals surface area contributed by atoms with Crippen LogP contribution in [0.4, 0.5) is 11.4 Å². The zero-order valence-electron chi connectivity index (χ0n) is 22.4. The molecule has 0 aromatic heterocycles. The van der Waals surface area contributed by atoms with Crippen molar-refractivity contribution in [3.05, 3.63) is 89.5 Å². The van der Waals surface area contributed by atoms with Gasteiger partial charge in [-0.3, -0.25) is 9.69 Å². The van der Waals surface area contributed by atoms with Crippen LogP contribution < -0.4 is 15.4 Å². The molecule has 9 heteroatoms. The second-order valence-corrected chi connectivity index (χ2v) is 12.3. The van der Waals surface area contributed by atoms with E-state index in [9.17, 15) is 13.2 Å². The van der Waals surface area contributed by atoms with Crippen molar-refractivity contribution < 1.29 is 17.9 Å². The van der Waals surface area contributed by atoms with Crippen molar-refractivity contribution in [3.8, 4) is 0 Å². The van der Waals surface area contributed by atoms with E-state index >= 15 is 0 Å². The predicted octanol–water partition coefficient (Wildman–Crippen LogP) is 4.67. The lowest BCUT2D eigenvalue weighted by Gasteiger charge is -2.23. The highest BCUT2D eigenvalue weighted by atomic mass is 32.2. The lowest BCUT2D eigenvalue weighted by atomic mass is 10.00. The molecular formula is C31H34N4O4S. The largest absolute Gasteiger partial charge is 0.381 e. The average molecular weight is 559 g/mol. The van der Waals surface area contributed by atoms with Gasteiger partial charge in [-0.15, -0.1) is 0 Å². The van der Waals surface area contributed by atoms with Crippen LogP contribution in [-0.2, 0) is 26.1 Å². The molecule has 0 unspecified atom stereocenters. The Hall–Kier alpha value is -3.50. The van der Waals surface area contributed by atoms with Crippen molar-refractivity contribution in [2.45, 2.75) is 43.2 Å². The van der Waals surface area contributed by atoms with Gasteiger partial charge in [-0.1, -0.05) is 42.5 Å². The molecule has 0 bridgehead atoms. The first-order chi connectivity index (χ1) is 19.5. The van der Waals surface area contributed by atoms with Gasteiger partial charge in [0.1, 0.15) is 0 Å². The molecule has 3 N–H and O–H groups in total. The van der Waals surface area contributed by atoms with Crippen molar-refractivity contribution in [2.24, 2.45) is 0 Å². The fraction of sp³-hybridized carbons (Fsp3) is 0.323. The fourth-order valence-electron chi connectivity index (χ4n) is 5.59. The van der Waals surface area contributed by atoms with Crippen LogP contribution >= 0.6 is 0 Å². The van der Waals surface area contributed by atoms with Gasteiger partial charge in [-0.25, -0.2) is 13.1 Å². The normalized spacial score (nSPS) is 19.4. The first-order valence-corrected chi connectivity index (χ1v) is 15.4. The first kappa shape index (κ1) is 26.7. The van der Waals surface area contributed by atoms with Crippen molar-refractivity contribution >= 4 is 38.6 Å². The quantitative estimate of drug-likeness (QED) is 0.348. The Morgan fingerprint density at radius 3 is 2.40 bits per heavy atom. The summed E-state index contributed by atoms with van der Waals surface area (Å²) in [6.45, 7) is 4.28. The number of likely N-dealkylation sites (tertiary alicyclic amines) is 1. The van der Waals surface area contributed by atoms with Gasteiger partial charge >= 0.3 is 0 Å². The smallest absolute Gasteiger partial charge is 0.258 e. The Morgan fingerprint density at radius 2 is 1.68 bits per heavy atom. The SMILES string of the molecule is O=C1Nc2ccc(S(=O)(=O)NC3CCOCC3)cc2/C1=C(/Nc1ccc(CN2CCCC2)cc1)c1ccccc1. The third-order valence-corrected chi connectivity index (χ3v) is 9.25. The van der Waals surface area contributed by atoms with Crippen molar-refractivity contribution in [3.63, 3.8) is 0 Å². The molecule has 0 aliphatic carbocycles. The van der Waals surface area contributed by atoms with Gasteiger partial charge in [0.25, 0.3) is 5.91 Å². The summed E-state index contributed by atoms with van der Waals surface area (Å²) in [4.78, 5) is 16.0. The number of ether oxygens (including phenoxy) is 1. The molecule has 3 aliphatic rings. The minimum absolute atomic E-state index is 0.130. The molecular weight excluding hydrogens is 524 g/mol. The van der Waals surface area contributed by atoms with Gasteiger partial charge in [0.15, 0.2) is 0 Å². The van der Waals surface area contributed by atoms with Gasteiger partial charge in [0, 0.05) is 42.7 Å². The zero-order chi connectivity index (χ0) is 27.5. The molecule has 3 aromatic rings. The summed E-state index contributed by atoms with van der Waals surface area (Å²) < 4.78 is 34.7. The maximum Gasteiger partial charge on any atom is 0.258 e. The third-order valence-electron chi connectivity index (χ3n) is 7.73. The summed E-state index contributed by atoms with van der Waals surface area (Å²) in [6.07, 6.45) is 3.78. The Morgan fingerprint density at radius 1 is 0.950 bits per heavy atom. The Kier molecular flexibility index (Phi) is 7.71. The summed E-state index contributed by atoms with van der Waals surface area (Å²) >= 11 is 0. The van der Waals surface area contributed by atoms with Crippen LogP contribution in [0.15, 0.2) is 77.7 Å². The molecule has 3 heterocycles. The number of sulfonamides is 1. The molecule has 1 amide bonds. The Balaban J connectivity index is 1.34. The number of amides is 1. The number of benzene rings is 3. The number of rotatable bonds is 8. The summed E-state index contributed by atoms with van der Waals surface area (Å²) in [7, 11) is -3.78. The molecule has 3 aromatic carbocycles. The highest BCUT2D eigenvalue weighted by Crippen LogP contribution is 2.39. The summed E-state index contributed by atoms with van der Waals surface area (Å²) in [5.41, 5.74) is 5.09. The van der Waals surface area contributed by atoms with E-state index in [2.05, 4.69) is 32.4 Å². The highest BCUT2D eigenvalue weighted by molar-refractivity contribution is 7.89. The Labute approximate surface area is 235 Å². The van der Waals surface area contributed by atoms with Crippen LogP contribution in [0.1, 0.15) is 42.4 Å². The Bertz CT molecular complexity index is 1510. The molecule has 0 saturated carbocycles. The maximum atomic E-state index is 13.4. The van der Waals surface area contributed by atoms with E-state index < -0.39 is 10.0 Å². The molecule has 3 aliphatic heterocycles. The van der Waals surface area contributed by atoms with Gasteiger partial charge in [0.05, 0.1) is 16.2 Å². The van der Waals surface area contributed by atoms with E-state index in [1.807, 2.05) is 42.5 Å². The minimum Gasteiger partial charge on any atom is -0.381 e. The lowest BCUT2D eigenvalue weighted by molar-refractivity contribution is -0.110. The molecule has 208 valence electrons. The van der Waals surface area contributed by atoms with E-state index in [1.54, 1.807) is 18.2 Å². The number of nitrogens with zero attached hydrogens (tertiary/aromatic N) is 1. The molecule has 0 radical (unpaired) electrons. The highest BCUT2D eigenvalue weighted by Gasteiger charge is 2.31. The van der Waals surface area contributed by atoms with Crippen LogP contribution in [0, 0.1) is 0 Å². The first-order valence-electron chi connectivity index (χ1n) is 13.9. The van der Waals surface area contributed by atoms with Gasteiger partial charge in [-0.05, 0) is 80.2 Å². The molecule has 8 nitrogen and oxygen atoms in total. The van der Waals surface area contributed by atoms with Crippen LogP contribution in [0.25, 0.3) is 11.3 Å². The van der Waals surface area contributed by atoms with E-state index in [0.717, 1.165) is 30.9 Å². The van der Waals surface area contributed by atoms with E-state index in [1.165, 1.54) is 18.4 Å². The van der Waals surface area contributed by atoms with Crippen molar-refractivity contribution in [2.75, 3.05) is 36.9 Å². The summed E-state index contributed by atoms with van der Waals surface area (Å²) in [6, 6.07) is 22.6. The van der Waals surface area contributed by atoms with Crippen molar-refractivity contribution in [1.29, 1.82) is 0 Å². The van der Waals surface area contributed by atoms with Gasteiger partial charge in [0.2, 0.25) is 10.0 Å². The minimum atomic E-state index is -3.78. The lowest BCUT2D eigenvalue weighted by Crippen LogP contribution is -2.38. The van der Waals surface area contributed by atoms with E-state index in [-0.39, 0.29) is 16.8 Å². The number of fused-ring (bicyclic) bond motifs is 1. The van der Waals surface area contributed by atoms with Gasteiger partial charge in [-0.2, -0.15) is 0 Å². The number of carbonyl (C=O) groups is 1. The van der Waals surface area contributed by atoms with Crippen molar-refractivity contribution in [1.82, 2.24) is 9.62 Å². The average Bonchev–Trinajstić information content (AvgIpc) is 3.60. The van der Waals surface area contributed by atoms with Crippen LogP contribution in [-0.4, -0.2) is 51.6 Å². The number of nitrogens with one attached hydrogen (secondary N) is 3. The predicted molar refractivity (Wildman–Crippen MR) is 157 cm³/mol. The monoisotopic (exact) mass is 558 g/mol. The fourth-order valence-corrected chi connectivity index (χ4v) is 6.92. The third kappa shape index (κ3) is 5.83. The molecule has 0 spiro atoms. The van der Waals surface area contributed by atoms with Crippen LogP contribution in [0.2, 0.25) is 0 Å².